The van der Waals surface area contributed by atoms with Crippen molar-refractivity contribution in [3.05, 3.63) is 65.0 Å². The Hall–Kier alpha value is -2.36. The Morgan fingerprint density at radius 1 is 1.17 bits per heavy atom. The molecule has 0 heterocycles. The van der Waals surface area contributed by atoms with Gasteiger partial charge in [-0.2, -0.15) is 0 Å². The van der Waals surface area contributed by atoms with E-state index < -0.39 is 0 Å². The molecule has 23 heavy (non-hydrogen) atoms. The van der Waals surface area contributed by atoms with Crippen LogP contribution in [0.2, 0.25) is 0 Å². The van der Waals surface area contributed by atoms with E-state index in [1.807, 2.05) is 39.0 Å². The highest BCUT2D eigenvalue weighted by atomic mass is 19.1. The molecule has 4 heteroatoms. The molecule has 0 aliphatic rings. The fraction of sp³-hybridized carbons (Fsp3) is 0.316. The van der Waals surface area contributed by atoms with Crippen LogP contribution in [-0.4, -0.2) is 12.5 Å². The van der Waals surface area contributed by atoms with Gasteiger partial charge in [0.1, 0.15) is 11.6 Å². The molecule has 0 saturated heterocycles. The first kappa shape index (κ1) is 17.0. The normalized spacial score (nSPS) is 11.8. The molecule has 1 atom stereocenters. The Morgan fingerprint density at radius 3 is 2.52 bits per heavy atom. The van der Waals surface area contributed by atoms with Crippen LogP contribution < -0.4 is 10.1 Å². The number of carbonyl (C=O) groups is 1. The van der Waals surface area contributed by atoms with E-state index in [0.717, 1.165) is 16.9 Å². The lowest BCUT2D eigenvalue weighted by atomic mass is 10.1. The molecule has 0 spiro atoms. The molecular formula is C19H22FNO2. The third-order valence-corrected chi connectivity index (χ3v) is 3.66. The van der Waals surface area contributed by atoms with Gasteiger partial charge in [0, 0.05) is 0 Å². The molecule has 0 radical (unpaired) electrons. The number of rotatable bonds is 6. The van der Waals surface area contributed by atoms with Gasteiger partial charge in [0.15, 0.2) is 0 Å². The Balaban J connectivity index is 1.79. The average Bonchev–Trinajstić information content (AvgIpc) is 2.50. The highest BCUT2D eigenvalue weighted by Gasteiger charge is 2.10. The molecule has 0 saturated carbocycles. The second kappa shape index (κ2) is 7.77. The maximum absolute atomic E-state index is 12.9. The van der Waals surface area contributed by atoms with Crippen molar-refractivity contribution in [3.63, 3.8) is 0 Å². The van der Waals surface area contributed by atoms with E-state index in [4.69, 9.17) is 4.74 Å². The molecule has 2 aromatic rings. The maximum atomic E-state index is 12.9. The molecule has 1 unspecified atom stereocenters. The summed E-state index contributed by atoms with van der Waals surface area (Å²) in [7, 11) is 0. The Bertz CT molecular complexity index is 668. The predicted octanol–water partition coefficient (Wildman–Crippen LogP) is 4.09. The first-order chi connectivity index (χ1) is 11.0. The number of ether oxygens (including phenoxy) is 1. The molecule has 0 bridgehead atoms. The van der Waals surface area contributed by atoms with Crippen molar-refractivity contribution in [3.8, 4) is 5.75 Å². The van der Waals surface area contributed by atoms with Crippen molar-refractivity contribution < 1.29 is 13.9 Å². The number of carbonyl (C=O) groups excluding carboxylic acids is 1. The molecule has 0 aliphatic carbocycles. The van der Waals surface area contributed by atoms with Crippen molar-refractivity contribution in [1.82, 2.24) is 5.32 Å². The van der Waals surface area contributed by atoms with Crippen molar-refractivity contribution in [2.24, 2.45) is 0 Å². The van der Waals surface area contributed by atoms with Crippen molar-refractivity contribution in [2.45, 2.75) is 33.2 Å². The summed E-state index contributed by atoms with van der Waals surface area (Å²) in [5, 5.41) is 2.88. The zero-order valence-corrected chi connectivity index (χ0v) is 13.7. The molecule has 0 aliphatic heterocycles. The summed E-state index contributed by atoms with van der Waals surface area (Å²) in [4.78, 5) is 12.0. The lowest BCUT2D eigenvalue weighted by molar-refractivity contribution is -0.122. The fourth-order valence-corrected chi connectivity index (χ4v) is 2.36. The monoisotopic (exact) mass is 315 g/mol. The van der Waals surface area contributed by atoms with Crippen LogP contribution >= 0.6 is 0 Å². The predicted molar refractivity (Wildman–Crippen MR) is 89.0 cm³/mol. The van der Waals surface area contributed by atoms with Gasteiger partial charge in [0.25, 0.3) is 0 Å². The van der Waals surface area contributed by atoms with Crippen LogP contribution in [0.25, 0.3) is 0 Å². The first-order valence-corrected chi connectivity index (χ1v) is 7.70. The van der Waals surface area contributed by atoms with Gasteiger partial charge in [-0.15, -0.1) is 0 Å². The number of amides is 1. The summed E-state index contributed by atoms with van der Waals surface area (Å²) in [6.45, 7) is 6.21. The number of nitrogens with one attached hydrogen (secondary N) is 1. The van der Waals surface area contributed by atoms with Gasteiger partial charge >= 0.3 is 0 Å². The minimum Gasteiger partial charge on any atom is -0.493 e. The molecule has 0 aromatic heterocycles. The highest BCUT2D eigenvalue weighted by molar-refractivity contribution is 5.76. The van der Waals surface area contributed by atoms with Gasteiger partial charge in [0.05, 0.1) is 19.1 Å². The summed E-state index contributed by atoms with van der Waals surface area (Å²) in [5.74, 6) is 0.427. The van der Waals surface area contributed by atoms with Crippen LogP contribution in [0, 0.1) is 19.7 Å². The van der Waals surface area contributed by atoms with E-state index in [1.165, 1.54) is 17.7 Å². The number of aryl methyl sites for hydroxylation is 2. The zero-order chi connectivity index (χ0) is 16.8. The van der Waals surface area contributed by atoms with Gasteiger partial charge in [-0.05, 0) is 50.1 Å². The number of halogens is 1. The Morgan fingerprint density at radius 2 is 1.87 bits per heavy atom. The smallest absolute Gasteiger partial charge is 0.223 e. The number of hydrogen-bond acceptors (Lipinski definition) is 2. The standard InChI is InChI=1S/C19H22FNO2/c1-13-4-9-18(14(2)12-13)23-11-10-19(22)21-15(3)16-5-7-17(20)8-6-16/h4-9,12,15H,10-11H2,1-3H3,(H,21,22). The second-order valence-corrected chi connectivity index (χ2v) is 5.71. The van der Waals surface area contributed by atoms with E-state index in [0.29, 0.717) is 6.61 Å². The molecule has 1 N–H and O–H groups in total. The van der Waals surface area contributed by atoms with E-state index >= 15 is 0 Å². The van der Waals surface area contributed by atoms with Crippen LogP contribution in [0.5, 0.6) is 5.75 Å². The van der Waals surface area contributed by atoms with Gasteiger partial charge in [0.2, 0.25) is 5.91 Å². The Kier molecular flexibility index (Phi) is 5.74. The average molecular weight is 315 g/mol. The summed E-state index contributed by atoms with van der Waals surface area (Å²) < 4.78 is 18.5. The van der Waals surface area contributed by atoms with Gasteiger partial charge in [-0.25, -0.2) is 4.39 Å². The van der Waals surface area contributed by atoms with Crippen LogP contribution in [0.1, 0.15) is 36.1 Å². The molecule has 1 amide bonds. The Labute approximate surface area is 136 Å². The van der Waals surface area contributed by atoms with Crippen LogP contribution in [-0.2, 0) is 4.79 Å². The molecular weight excluding hydrogens is 293 g/mol. The van der Waals surface area contributed by atoms with E-state index in [-0.39, 0.29) is 24.2 Å². The van der Waals surface area contributed by atoms with Crippen LogP contribution in [0.4, 0.5) is 4.39 Å². The van der Waals surface area contributed by atoms with Gasteiger partial charge in [-0.1, -0.05) is 29.8 Å². The minimum absolute atomic E-state index is 0.0911. The fourth-order valence-electron chi connectivity index (χ4n) is 2.36. The number of benzene rings is 2. The summed E-state index contributed by atoms with van der Waals surface area (Å²) in [6, 6.07) is 11.9. The van der Waals surface area contributed by atoms with Gasteiger partial charge < -0.3 is 10.1 Å². The molecule has 2 rings (SSSR count). The van der Waals surface area contributed by atoms with E-state index in [1.54, 1.807) is 12.1 Å². The molecule has 3 nitrogen and oxygen atoms in total. The topological polar surface area (TPSA) is 38.3 Å². The highest BCUT2D eigenvalue weighted by Crippen LogP contribution is 2.19. The molecule has 0 fully saturated rings. The SMILES string of the molecule is Cc1ccc(OCCC(=O)NC(C)c2ccc(F)cc2)c(C)c1. The van der Waals surface area contributed by atoms with Crippen LogP contribution in [0.3, 0.4) is 0 Å². The summed E-state index contributed by atoms with van der Waals surface area (Å²) in [5.41, 5.74) is 3.11. The van der Waals surface area contributed by atoms with Crippen molar-refractivity contribution in [1.29, 1.82) is 0 Å². The largest absolute Gasteiger partial charge is 0.493 e. The quantitative estimate of drug-likeness (QED) is 0.872. The van der Waals surface area contributed by atoms with Crippen molar-refractivity contribution >= 4 is 5.91 Å². The lowest BCUT2D eigenvalue weighted by Crippen LogP contribution is -2.27. The second-order valence-electron chi connectivity index (χ2n) is 5.71. The zero-order valence-electron chi connectivity index (χ0n) is 13.7. The third-order valence-electron chi connectivity index (χ3n) is 3.66. The maximum Gasteiger partial charge on any atom is 0.223 e. The lowest BCUT2D eigenvalue weighted by Gasteiger charge is -2.15. The van der Waals surface area contributed by atoms with E-state index in [9.17, 15) is 9.18 Å². The van der Waals surface area contributed by atoms with Crippen LogP contribution in [0.15, 0.2) is 42.5 Å². The first-order valence-electron chi connectivity index (χ1n) is 7.70. The van der Waals surface area contributed by atoms with Crippen molar-refractivity contribution in [2.75, 3.05) is 6.61 Å². The third kappa shape index (κ3) is 5.09. The minimum atomic E-state index is -0.283. The number of hydrogen-bond donors (Lipinski definition) is 1. The summed E-state index contributed by atoms with van der Waals surface area (Å²) in [6.07, 6.45) is 0.277. The van der Waals surface area contributed by atoms with Gasteiger partial charge in [-0.3, -0.25) is 4.79 Å². The molecule has 122 valence electrons. The van der Waals surface area contributed by atoms with E-state index in [2.05, 4.69) is 5.32 Å². The summed E-state index contributed by atoms with van der Waals surface area (Å²) >= 11 is 0. The molecule has 2 aromatic carbocycles.